The quantitative estimate of drug-likeness (QED) is 0.798. The normalized spacial score (nSPS) is 11.4. The van der Waals surface area contributed by atoms with Crippen molar-refractivity contribution in [2.45, 2.75) is 44.0 Å². The monoisotopic (exact) mass is 271 g/mol. The van der Waals surface area contributed by atoms with Crippen molar-refractivity contribution in [3.05, 3.63) is 28.8 Å². The Morgan fingerprint density at radius 2 is 2.00 bits per heavy atom. The van der Waals surface area contributed by atoms with Crippen molar-refractivity contribution in [2.75, 3.05) is 0 Å². The van der Waals surface area contributed by atoms with Gasteiger partial charge in [0.1, 0.15) is 0 Å². The second-order valence-corrected chi connectivity index (χ2v) is 5.31. The molecule has 0 heterocycles. The summed E-state index contributed by atoms with van der Waals surface area (Å²) in [5.74, 6) is -0.142. The van der Waals surface area contributed by atoms with E-state index in [4.69, 9.17) is 11.6 Å². The van der Waals surface area contributed by atoms with E-state index in [-0.39, 0.29) is 11.4 Å². The van der Waals surface area contributed by atoms with Gasteiger partial charge in [-0.15, -0.1) is 12.6 Å². The fourth-order valence-electron chi connectivity index (χ4n) is 1.46. The number of rotatable bonds is 4. The minimum absolute atomic E-state index is 0.142. The molecule has 2 nitrogen and oxygen atoms in total. The average molecular weight is 272 g/mol. The van der Waals surface area contributed by atoms with Crippen molar-refractivity contribution < 1.29 is 4.79 Å². The molecule has 0 saturated heterocycles. The lowest BCUT2D eigenvalue weighted by atomic mass is 9.95. The molecule has 0 aliphatic heterocycles. The van der Waals surface area contributed by atoms with E-state index in [1.54, 1.807) is 18.2 Å². The molecule has 0 aliphatic rings. The molecular formula is C13H18ClNOS. The maximum atomic E-state index is 12.1. The van der Waals surface area contributed by atoms with Gasteiger partial charge in [-0.25, -0.2) is 0 Å². The van der Waals surface area contributed by atoms with Crippen LogP contribution in [0.1, 0.15) is 44.0 Å². The van der Waals surface area contributed by atoms with E-state index in [1.165, 1.54) is 0 Å². The highest BCUT2D eigenvalue weighted by Crippen LogP contribution is 2.21. The van der Waals surface area contributed by atoms with Crippen molar-refractivity contribution in [3.63, 3.8) is 0 Å². The minimum atomic E-state index is -0.187. The number of carbonyl (C=O) groups excluding carboxylic acids is 1. The minimum Gasteiger partial charge on any atom is -0.347 e. The highest BCUT2D eigenvalue weighted by molar-refractivity contribution is 7.80. The second-order valence-electron chi connectivity index (χ2n) is 4.39. The first-order chi connectivity index (χ1) is 7.91. The molecular weight excluding hydrogens is 254 g/mol. The Hall–Kier alpha value is -0.670. The van der Waals surface area contributed by atoms with Crippen LogP contribution in [0.2, 0.25) is 5.02 Å². The number of hydrogen-bond donors (Lipinski definition) is 2. The van der Waals surface area contributed by atoms with E-state index in [9.17, 15) is 4.79 Å². The molecule has 0 aromatic heterocycles. The molecule has 0 spiro atoms. The van der Waals surface area contributed by atoms with Crippen LogP contribution < -0.4 is 5.32 Å². The first kappa shape index (κ1) is 14.4. The summed E-state index contributed by atoms with van der Waals surface area (Å²) in [7, 11) is 0. The summed E-state index contributed by atoms with van der Waals surface area (Å²) in [6.45, 7) is 6.14. The van der Waals surface area contributed by atoms with Crippen LogP contribution in [-0.4, -0.2) is 11.4 Å². The average Bonchev–Trinajstić information content (AvgIpc) is 2.32. The van der Waals surface area contributed by atoms with Gasteiger partial charge in [0.15, 0.2) is 0 Å². The van der Waals surface area contributed by atoms with Crippen LogP contribution in [0, 0.1) is 0 Å². The van der Waals surface area contributed by atoms with Crippen LogP contribution in [-0.2, 0) is 0 Å². The van der Waals surface area contributed by atoms with Gasteiger partial charge in [0.05, 0.1) is 10.6 Å². The Labute approximate surface area is 113 Å². The van der Waals surface area contributed by atoms with E-state index in [0.29, 0.717) is 10.6 Å². The predicted molar refractivity (Wildman–Crippen MR) is 75.2 cm³/mol. The zero-order valence-corrected chi connectivity index (χ0v) is 12.0. The summed E-state index contributed by atoms with van der Waals surface area (Å²) in [4.78, 5) is 12.9. The molecule has 1 rings (SSSR count). The van der Waals surface area contributed by atoms with Gasteiger partial charge in [0.2, 0.25) is 0 Å². The maximum absolute atomic E-state index is 12.1. The number of amides is 1. The third-order valence-corrected chi connectivity index (χ3v) is 3.78. The number of hydrogen-bond acceptors (Lipinski definition) is 2. The summed E-state index contributed by atoms with van der Waals surface area (Å²) < 4.78 is 0. The van der Waals surface area contributed by atoms with Crippen LogP contribution in [0.3, 0.4) is 0 Å². The third kappa shape index (κ3) is 3.65. The number of benzene rings is 1. The van der Waals surface area contributed by atoms with E-state index in [0.717, 1.165) is 17.7 Å². The van der Waals surface area contributed by atoms with Gasteiger partial charge in [-0.3, -0.25) is 4.79 Å². The van der Waals surface area contributed by atoms with E-state index >= 15 is 0 Å². The van der Waals surface area contributed by atoms with Crippen molar-refractivity contribution in [3.8, 4) is 0 Å². The van der Waals surface area contributed by atoms with Crippen molar-refractivity contribution in [1.82, 2.24) is 5.32 Å². The maximum Gasteiger partial charge on any atom is 0.253 e. The van der Waals surface area contributed by atoms with Crippen LogP contribution in [0.4, 0.5) is 0 Å². The molecule has 1 aromatic carbocycles. The van der Waals surface area contributed by atoms with E-state index in [1.807, 2.05) is 6.92 Å². The number of thiol groups is 1. The number of nitrogens with one attached hydrogen (secondary N) is 1. The highest BCUT2D eigenvalue weighted by Gasteiger charge is 2.23. The molecule has 0 saturated carbocycles. The lowest BCUT2D eigenvalue weighted by Crippen LogP contribution is -2.45. The van der Waals surface area contributed by atoms with Gasteiger partial charge in [0, 0.05) is 10.4 Å². The molecule has 0 atom stereocenters. The van der Waals surface area contributed by atoms with Gasteiger partial charge < -0.3 is 5.32 Å². The summed E-state index contributed by atoms with van der Waals surface area (Å²) in [5.41, 5.74) is 0.291. The Kier molecular flexibility index (Phi) is 4.90. The standard InChI is InChI=1S/C13H18ClNOS/c1-4-13(3,5-2)15-12(16)10-8-9(17)6-7-11(10)14/h6-8,17H,4-5H2,1-3H3,(H,15,16). The predicted octanol–water partition coefficient (Wildman–Crippen LogP) is 3.94. The smallest absolute Gasteiger partial charge is 0.253 e. The van der Waals surface area contributed by atoms with Crippen molar-refractivity contribution in [2.24, 2.45) is 0 Å². The lowest BCUT2D eigenvalue weighted by Gasteiger charge is -2.28. The summed E-state index contributed by atoms with van der Waals surface area (Å²) >= 11 is 10.2. The lowest BCUT2D eigenvalue weighted by molar-refractivity contribution is 0.0901. The van der Waals surface area contributed by atoms with Crippen molar-refractivity contribution in [1.29, 1.82) is 0 Å². The molecule has 0 aliphatic carbocycles. The summed E-state index contributed by atoms with van der Waals surface area (Å²) in [6, 6.07) is 5.14. The van der Waals surface area contributed by atoms with Crippen LogP contribution in [0.15, 0.2) is 23.1 Å². The summed E-state index contributed by atoms with van der Waals surface area (Å²) in [6.07, 6.45) is 1.76. The molecule has 0 unspecified atom stereocenters. The SMILES string of the molecule is CCC(C)(CC)NC(=O)c1cc(S)ccc1Cl. The zero-order valence-electron chi connectivity index (χ0n) is 10.4. The first-order valence-electron chi connectivity index (χ1n) is 5.73. The Morgan fingerprint density at radius 3 is 2.53 bits per heavy atom. The molecule has 4 heteroatoms. The molecule has 1 aromatic rings. The Morgan fingerprint density at radius 1 is 1.41 bits per heavy atom. The Balaban J connectivity index is 2.94. The van der Waals surface area contributed by atoms with E-state index < -0.39 is 0 Å². The second kappa shape index (κ2) is 5.78. The summed E-state index contributed by atoms with van der Waals surface area (Å²) in [5, 5.41) is 3.47. The fraction of sp³-hybridized carbons (Fsp3) is 0.462. The van der Waals surface area contributed by atoms with Crippen LogP contribution in [0.5, 0.6) is 0 Å². The Bertz CT molecular complexity index is 416. The topological polar surface area (TPSA) is 29.1 Å². The molecule has 0 fully saturated rings. The molecule has 17 heavy (non-hydrogen) atoms. The molecule has 94 valence electrons. The fourth-order valence-corrected chi connectivity index (χ4v) is 1.86. The van der Waals surface area contributed by atoms with Gasteiger partial charge in [-0.2, -0.15) is 0 Å². The highest BCUT2D eigenvalue weighted by atomic mass is 35.5. The first-order valence-corrected chi connectivity index (χ1v) is 6.55. The number of halogens is 1. The molecule has 0 radical (unpaired) electrons. The van der Waals surface area contributed by atoms with Gasteiger partial charge in [-0.1, -0.05) is 25.4 Å². The molecule has 1 N–H and O–H groups in total. The van der Waals surface area contributed by atoms with Gasteiger partial charge >= 0.3 is 0 Å². The van der Waals surface area contributed by atoms with Gasteiger partial charge in [-0.05, 0) is 38.0 Å². The van der Waals surface area contributed by atoms with Crippen LogP contribution in [0.25, 0.3) is 0 Å². The third-order valence-electron chi connectivity index (χ3n) is 3.17. The van der Waals surface area contributed by atoms with Crippen LogP contribution >= 0.6 is 24.2 Å². The number of carbonyl (C=O) groups is 1. The zero-order chi connectivity index (χ0) is 13.1. The van der Waals surface area contributed by atoms with Crippen molar-refractivity contribution >= 4 is 30.1 Å². The molecule has 1 amide bonds. The van der Waals surface area contributed by atoms with E-state index in [2.05, 4.69) is 31.8 Å². The molecule has 0 bridgehead atoms. The van der Waals surface area contributed by atoms with Gasteiger partial charge in [0.25, 0.3) is 5.91 Å². The largest absolute Gasteiger partial charge is 0.347 e.